The molecule has 7 heteroatoms. The summed E-state index contributed by atoms with van der Waals surface area (Å²) in [6.45, 7) is 6.27. The van der Waals surface area contributed by atoms with Crippen molar-refractivity contribution in [2.75, 3.05) is 19.6 Å². The van der Waals surface area contributed by atoms with Crippen LogP contribution in [0.4, 0.5) is 0 Å². The van der Waals surface area contributed by atoms with Crippen LogP contribution in [0.3, 0.4) is 0 Å². The molecule has 2 saturated heterocycles. The van der Waals surface area contributed by atoms with Gasteiger partial charge in [-0.15, -0.1) is 0 Å². The molecule has 2 aromatic rings. The molecule has 2 aromatic heterocycles. The van der Waals surface area contributed by atoms with Gasteiger partial charge in [0.1, 0.15) is 6.33 Å². The molecule has 2 aliphatic rings. The second-order valence-corrected chi connectivity index (χ2v) is 7.96. The van der Waals surface area contributed by atoms with Crippen LogP contribution in [-0.2, 0) is 17.9 Å². The summed E-state index contributed by atoms with van der Waals surface area (Å²) in [6, 6.07) is 0. The highest BCUT2D eigenvalue weighted by atomic mass is 16.2. The maximum atomic E-state index is 12.5. The first-order valence-corrected chi connectivity index (χ1v) is 9.63. The number of likely N-dealkylation sites (tertiary alicyclic amines) is 2. The van der Waals surface area contributed by atoms with Crippen molar-refractivity contribution in [1.29, 1.82) is 0 Å². The van der Waals surface area contributed by atoms with Crippen molar-refractivity contribution < 1.29 is 4.79 Å². The predicted molar refractivity (Wildman–Crippen MR) is 100 cm³/mol. The number of nitrogens with zero attached hydrogens (tertiary/aromatic N) is 6. The summed E-state index contributed by atoms with van der Waals surface area (Å²) in [7, 11) is 0. The zero-order chi connectivity index (χ0) is 18.7. The Morgan fingerprint density at radius 1 is 1.04 bits per heavy atom. The Balaban J connectivity index is 1.43. The van der Waals surface area contributed by atoms with Gasteiger partial charge < -0.3 is 4.90 Å². The smallest absolute Gasteiger partial charge is 0.222 e. The van der Waals surface area contributed by atoms with Gasteiger partial charge in [-0.2, -0.15) is 0 Å². The van der Waals surface area contributed by atoms with E-state index < -0.39 is 0 Å². The molecule has 0 bridgehead atoms. The first-order valence-electron chi connectivity index (χ1n) is 9.63. The molecule has 1 spiro atoms. The van der Waals surface area contributed by atoms with Crippen LogP contribution in [-0.4, -0.2) is 55.3 Å². The van der Waals surface area contributed by atoms with Gasteiger partial charge in [0.05, 0.1) is 24.1 Å². The van der Waals surface area contributed by atoms with Gasteiger partial charge in [0.2, 0.25) is 5.91 Å². The summed E-state index contributed by atoms with van der Waals surface area (Å²) in [6.07, 6.45) is 12.8. The third kappa shape index (κ3) is 4.30. The maximum absolute atomic E-state index is 12.5. The minimum Gasteiger partial charge on any atom is -0.336 e. The number of hydrogen-bond donors (Lipinski definition) is 0. The quantitative estimate of drug-likeness (QED) is 0.824. The second kappa shape index (κ2) is 7.68. The van der Waals surface area contributed by atoms with Crippen molar-refractivity contribution in [2.24, 2.45) is 5.41 Å². The molecule has 2 fully saturated rings. The molecular weight excluding hydrogens is 340 g/mol. The van der Waals surface area contributed by atoms with Crippen molar-refractivity contribution in [3.8, 4) is 0 Å². The number of aromatic nitrogens is 4. The zero-order valence-electron chi connectivity index (χ0n) is 15.8. The minimum atomic E-state index is 0.180. The lowest BCUT2D eigenvalue weighted by Gasteiger charge is -2.48. The summed E-state index contributed by atoms with van der Waals surface area (Å²) < 4.78 is 0. The van der Waals surface area contributed by atoms with Gasteiger partial charge in [0.15, 0.2) is 0 Å². The maximum Gasteiger partial charge on any atom is 0.222 e. The molecule has 4 heterocycles. The van der Waals surface area contributed by atoms with Gasteiger partial charge in [-0.05, 0) is 32.7 Å². The van der Waals surface area contributed by atoms with Gasteiger partial charge in [-0.3, -0.25) is 19.7 Å². The van der Waals surface area contributed by atoms with Crippen molar-refractivity contribution in [3.05, 3.63) is 48.1 Å². The largest absolute Gasteiger partial charge is 0.336 e. The summed E-state index contributed by atoms with van der Waals surface area (Å²) in [4.78, 5) is 34.0. The number of carbonyl (C=O) groups excluding carboxylic acids is 1. The summed E-state index contributed by atoms with van der Waals surface area (Å²) in [5.74, 6) is 0.233. The number of piperidine rings is 2. The highest BCUT2D eigenvalue weighted by Gasteiger charge is 2.41. The molecule has 2 aliphatic heterocycles. The lowest BCUT2D eigenvalue weighted by atomic mass is 9.73. The monoisotopic (exact) mass is 366 g/mol. The fraction of sp³-hybridized carbons (Fsp3) is 0.550. The molecule has 0 unspecified atom stereocenters. The third-order valence-electron chi connectivity index (χ3n) is 5.70. The molecule has 0 aromatic carbocycles. The van der Waals surface area contributed by atoms with E-state index in [2.05, 4.69) is 24.8 Å². The highest BCUT2D eigenvalue weighted by molar-refractivity contribution is 5.77. The summed E-state index contributed by atoms with van der Waals surface area (Å²) in [5.41, 5.74) is 3.08. The molecule has 0 N–H and O–H groups in total. The first kappa shape index (κ1) is 18.0. The Morgan fingerprint density at radius 2 is 1.89 bits per heavy atom. The van der Waals surface area contributed by atoms with Crippen LogP contribution >= 0.6 is 0 Å². The standard InChI is InChI=1S/C20H26N6O/c1-16-7-24-18(10-23-16)12-26-14-20(5-3-19(26)27)4-2-6-25(13-20)11-17-8-21-15-22-9-17/h7-10,15H,2-6,11-14H2,1H3/t20-/m1/s1. The third-order valence-corrected chi connectivity index (χ3v) is 5.70. The molecule has 0 aliphatic carbocycles. The number of amides is 1. The van der Waals surface area contributed by atoms with Gasteiger partial charge in [0, 0.05) is 55.6 Å². The molecule has 1 amide bonds. The Bertz CT molecular complexity index is 781. The van der Waals surface area contributed by atoms with Crippen molar-refractivity contribution in [1.82, 2.24) is 29.7 Å². The molecule has 27 heavy (non-hydrogen) atoms. The number of aryl methyl sites for hydroxylation is 1. The molecule has 142 valence electrons. The average Bonchev–Trinajstić information content (AvgIpc) is 2.68. The van der Waals surface area contributed by atoms with Gasteiger partial charge in [-0.25, -0.2) is 9.97 Å². The Labute approximate surface area is 159 Å². The highest BCUT2D eigenvalue weighted by Crippen LogP contribution is 2.39. The van der Waals surface area contributed by atoms with E-state index in [-0.39, 0.29) is 11.3 Å². The average molecular weight is 366 g/mol. The van der Waals surface area contributed by atoms with E-state index in [0.29, 0.717) is 13.0 Å². The topological polar surface area (TPSA) is 75.1 Å². The fourth-order valence-corrected chi connectivity index (χ4v) is 4.39. The van der Waals surface area contributed by atoms with Gasteiger partial charge >= 0.3 is 0 Å². The SMILES string of the molecule is Cc1cnc(CN2C[C@]3(CCCN(Cc4cncnc4)C3)CCC2=O)cn1. The van der Waals surface area contributed by atoms with E-state index >= 15 is 0 Å². The fourth-order valence-electron chi connectivity index (χ4n) is 4.39. The van der Waals surface area contributed by atoms with E-state index in [1.54, 1.807) is 18.7 Å². The Morgan fingerprint density at radius 3 is 2.67 bits per heavy atom. The van der Waals surface area contributed by atoms with Gasteiger partial charge in [-0.1, -0.05) is 0 Å². The van der Waals surface area contributed by atoms with Crippen LogP contribution in [0.1, 0.15) is 42.6 Å². The van der Waals surface area contributed by atoms with Crippen molar-refractivity contribution >= 4 is 5.91 Å². The van der Waals surface area contributed by atoms with E-state index in [0.717, 1.165) is 49.6 Å². The van der Waals surface area contributed by atoms with Gasteiger partial charge in [0.25, 0.3) is 0 Å². The molecule has 0 saturated carbocycles. The van der Waals surface area contributed by atoms with Crippen molar-refractivity contribution in [3.63, 3.8) is 0 Å². The molecule has 7 nitrogen and oxygen atoms in total. The Kier molecular flexibility index (Phi) is 5.11. The summed E-state index contributed by atoms with van der Waals surface area (Å²) >= 11 is 0. The Hall–Kier alpha value is -2.41. The normalized spacial score (nSPS) is 23.7. The molecule has 0 radical (unpaired) electrons. The van der Waals surface area contributed by atoms with Crippen LogP contribution < -0.4 is 0 Å². The summed E-state index contributed by atoms with van der Waals surface area (Å²) in [5, 5.41) is 0. The number of rotatable bonds is 4. The molecule has 1 atom stereocenters. The van der Waals surface area contributed by atoms with Crippen LogP contribution in [0.2, 0.25) is 0 Å². The minimum absolute atomic E-state index is 0.180. The molecular formula is C20H26N6O. The lowest BCUT2D eigenvalue weighted by Crippen LogP contribution is -2.53. The number of hydrogen-bond acceptors (Lipinski definition) is 6. The predicted octanol–water partition coefficient (Wildman–Crippen LogP) is 1.98. The lowest BCUT2D eigenvalue weighted by molar-refractivity contribution is -0.140. The van der Waals surface area contributed by atoms with Crippen LogP contribution in [0.15, 0.2) is 31.1 Å². The second-order valence-electron chi connectivity index (χ2n) is 7.96. The van der Waals surface area contributed by atoms with Crippen LogP contribution in [0.5, 0.6) is 0 Å². The number of carbonyl (C=O) groups is 1. The zero-order valence-corrected chi connectivity index (χ0v) is 15.8. The first-order chi connectivity index (χ1) is 13.1. The van der Waals surface area contributed by atoms with Crippen molar-refractivity contribution in [2.45, 2.75) is 45.7 Å². The van der Waals surface area contributed by atoms with E-state index in [9.17, 15) is 4.79 Å². The van der Waals surface area contributed by atoms with E-state index in [1.807, 2.05) is 24.2 Å². The van der Waals surface area contributed by atoms with E-state index in [1.165, 1.54) is 12.8 Å². The molecule has 4 rings (SSSR count). The van der Waals surface area contributed by atoms with Crippen LogP contribution in [0.25, 0.3) is 0 Å². The van der Waals surface area contributed by atoms with Crippen LogP contribution in [0, 0.1) is 12.3 Å². The van der Waals surface area contributed by atoms with E-state index in [4.69, 9.17) is 0 Å².